The first-order valence-electron chi connectivity index (χ1n) is 9.05. The number of rotatable bonds is 3. The van der Waals surface area contributed by atoms with Crippen molar-refractivity contribution in [1.82, 2.24) is 0 Å². The van der Waals surface area contributed by atoms with Crippen LogP contribution in [-0.4, -0.2) is 29.9 Å². The molecule has 1 atom stereocenters. The van der Waals surface area contributed by atoms with Crippen molar-refractivity contribution in [3.63, 3.8) is 0 Å². The second kappa shape index (κ2) is 7.01. The molecule has 1 unspecified atom stereocenters. The summed E-state index contributed by atoms with van der Waals surface area (Å²) in [6.45, 7) is 8.64. The Balaban J connectivity index is 2.00. The molecule has 1 aliphatic rings. The lowest BCUT2D eigenvalue weighted by Crippen LogP contribution is -2.45. The van der Waals surface area contributed by atoms with Gasteiger partial charge in [0.15, 0.2) is 0 Å². The third-order valence-corrected chi connectivity index (χ3v) is 5.88. The molecule has 0 fully saturated rings. The molecule has 1 heterocycles. The number of carbonyl (C=O) groups is 1. The molecule has 1 aliphatic heterocycles. The standard InChI is InChI=1S/C22H25ClN2O2/c1-13-6-7-15(21(26)27)9-19(13)24-12-16-8-17-14(2)11-22(3,4)25(5)20(17)10-18(16)23/h6-10,12,14H,11H2,1-5H3,(H,26,27). The summed E-state index contributed by atoms with van der Waals surface area (Å²) in [6.07, 6.45) is 2.79. The zero-order chi connectivity index (χ0) is 19.9. The van der Waals surface area contributed by atoms with E-state index in [0.29, 0.717) is 16.6 Å². The number of fused-ring (bicyclic) bond motifs is 1. The third kappa shape index (κ3) is 3.72. The first kappa shape index (κ1) is 19.4. The Kier molecular flexibility index (Phi) is 5.04. The normalized spacial score (nSPS) is 18.6. The first-order chi connectivity index (χ1) is 12.6. The highest BCUT2D eigenvalue weighted by Gasteiger charge is 2.34. The van der Waals surface area contributed by atoms with Crippen LogP contribution in [0.1, 0.15) is 60.2 Å². The molecule has 4 nitrogen and oxygen atoms in total. The van der Waals surface area contributed by atoms with Gasteiger partial charge in [-0.15, -0.1) is 0 Å². The molecule has 2 aromatic carbocycles. The van der Waals surface area contributed by atoms with Gasteiger partial charge in [-0.2, -0.15) is 0 Å². The fraction of sp³-hybridized carbons (Fsp3) is 0.364. The van der Waals surface area contributed by atoms with E-state index in [0.717, 1.165) is 23.2 Å². The predicted octanol–water partition coefficient (Wildman–Crippen LogP) is 5.82. The highest BCUT2D eigenvalue weighted by atomic mass is 35.5. The predicted molar refractivity (Wildman–Crippen MR) is 112 cm³/mol. The lowest BCUT2D eigenvalue weighted by Gasteiger charge is -2.45. The Morgan fingerprint density at radius 1 is 1.33 bits per heavy atom. The lowest BCUT2D eigenvalue weighted by atomic mass is 9.80. The van der Waals surface area contributed by atoms with E-state index in [4.69, 9.17) is 11.6 Å². The van der Waals surface area contributed by atoms with E-state index >= 15 is 0 Å². The molecule has 5 heteroatoms. The van der Waals surface area contributed by atoms with Crippen LogP contribution in [0.4, 0.5) is 11.4 Å². The summed E-state index contributed by atoms with van der Waals surface area (Å²) in [5.74, 6) is -0.537. The maximum absolute atomic E-state index is 11.2. The number of nitrogens with zero attached hydrogens (tertiary/aromatic N) is 2. The molecule has 3 rings (SSSR count). The van der Waals surface area contributed by atoms with Gasteiger partial charge in [0.1, 0.15) is 0 Å². The number of hydrogen-bond donors (Lipinski definition) is 1. The van der Waals surface area contributed by atoms with Crippen molar-refractivity contribution >= 4 is 35.2 Å². The summed E-state index contributed by atoms with van der Waals surface area (Å²) in [5.41, 5.74) is 5.12. The molecule has 142 valence electrons. The molecule has 0 spiro atoms. The van der Waals surface area contributed by atoms with Gasteiger partial charge in [-0.1, -0.05) is 24.6 Å². The number of aryl methyl sites for hydroxylation is 1. The molecular formula is C22H25ClN2O2. The third-order valence-electron chi connectivity index (χ3n) is 5.55. The average Bonchev–Trinajstić information content (AvgIpc) is 2.59. The largest absolute Gasteiger partial charge is 0.478 e. The van der Waals surface area contributed by atoms with E-state index in [-0.39, 0.29) is 11.1 Å². The average molecular weight is 385 g/mol. The summed E-state index contributed by atoms with van der Waals surface area (Å²) >= 11 is 6.54. The molecular weight excluding hydrogens is 360 g/mol. The molecule has 2 aromatic rings. The van der Waals surface area contributed by atoms with Gasteiger partial charge >= 0.3 is 5.97 Å². The Labute approximate surface area is 165 Å². The Morgan fingerprint density at radius 3 is 2.70 bits per heavy atom. The highest BCUT2D eigenvalue weighted by molar-refractivity contribution is 6.33. The van der Waals surface area contributed by atoms with Gasteiger partial charge in [-0.3, -0.25) is 4.99 Å². The second-order valence-corrected chi connectivity index (χ2v) is 8.38. The van der Waals surface area contributed by atoms with Crippen LogP contribution in [0.3, 0.4) is 0 Å². The van der Waals surface area contributed by atoms with E-state index in [2.05, 4.69) is 43.8 Å². The lowest BCUT2D eigenvalue weighted by molar-refractivity contribution is 0.0697. The van der Waals surface area contributed by atoms with Crippen LogP contribution in [0.15, 0.2) is 35.3 Å². The summed E-state index contributed by atoms with van der Waals surface area (Å²) in [4.78, 5) is 18.0. The van der Waals surface area contributed by atoms with Crippen molar-refractivity contribution in [3.8, 4) is 0 Å². The summed E-state index contributed by atoms with van der Waals surface area (Å²) in [5, 5.41) is 9.82. The maximum atomic E-state index is 11.2. The zero-order valence-corrected chi connectivity index (χ0v) is 17.1. The number of carboxylic acid groups (broad SMARTS) is 1. The van der Waals surface area contributed by atoms with Crippen LogP contribution in [0.25, 0.3) is 0 Å². The number of aromatic carboxylic acids is 1. The number of carboxylic acids is 1. The zero-order valence-electron chi connectivity index (χ0n) is 16.4. The summed E-state index contributed by atoms with van der Waals surface area (Å²) < 4.78 is 0. The van der Waals surface area contributed by atoms with Gasteiger partial charge < -0.3 is 10.0 Å². The SMILES string of the molecule is Cc1ccc(C(=O)O)cc1N=Cc1cc2c(cc1Cl)N(C)C(C)(C)CC2C. The van der Waals surface area contributed by atoms with Crippen molar-refractivity contribution in [2.45, 2.75) is 45.6 Å². The quantitative estimate of drug-likeness (QED) is 0.678. The molecule has 27 heavy (non-hydrogen) atoms. The van der Waals surface area contributed by atoms with Crippen molar-refractivity contribution in [2.24, 2.45) is 4.99 Å². The van der Waals surface area contributed by atoms with E-state index in [1.165, 1.54) is 5.56 Å². The number of anilines is 1. The minimum absolute atomic E-state index is 0.0831. The molecule has 0 bridgehead atoms. The number of benzene rings is 2. The van der Waals surface area contributed by atoms with Crippen molar-refractivity contribution in [3.05, 3.63) is 57.6 Å². The number of hydrogen-bond acceptors (Lipinski definition) is 3. The van der Waals surface area contributed by atoms with E-state index in [1.54, 1.807) is 24.4 Å². The highest BCUT2D eigenvalue weighted by Crippen LogP contribution is 2.44. The molecule has 0 aliphatic carbocycles. The second-order valence-electron chi connectivity index (χ2n) is 7.97. The Bertz CT molecular complexity index is 934. The van der Waals surface area contributed by atoms with Gasteiger partial charge in [-0.25, -0.2) is 4.79 Å². The van der Waals surface area contributed by atoms with Gasteiger partial charge in [0.25, 0.3) is 0 Å². The monoisotopic (exact) mass is 384 g/mol. The minimum atomic E-state index is -0.960. The fourth-order valence-electron chi connectivity index (χ4n) is 3.72. The summed E-state index contributed by atoms with van der Waals surface area (Å²) in [6, 6.07) is 9.05. The van der Waals surface area contributed by atoms with Crippen molar-refractivity contribution in [1.29, 1.82) is 0 Å². The van der Waals surface area contributed by atoms with E-state index < -0.39 is 5.97 Å². The van der Waals surface area contributed by atoms with Crippen LogP contribution >= 0.6 is 11.6 Å². The Morgan fingerprint density at radius 2 is 2.04 bits per heavy atom. The smallest absolute Gasteiger partial charge is 0.335 e. The molecule has 0 saturated heterocycles. The molecule has 0 aromatic heterocycles. The van der Waals surface area contributed by atoms with Gasteiger partial charge in [0.2, 0.25) is 0 Å². The van der Waals surface area contributed by atoms with E-state index in [9.17, 15) is 9.90 Å². The van der Waals surface area contributed by atoms with Crippen molar-refractivity contribution < 1.29 is 9.90 Å². The fourth-order valence-corrected chi connectivity index (χ4v) is 3.93. The molecule has 0 radical (unpaired) electrons. The molecule has 0 saturated carbocycles. The van der Waals surface area contributed by atoms with Crippen LogP contribution in [0.2, 0.25) is 5.02 Å². The van der Waals surface area contributed by atoms with Gasteiger partial charge in [0.05, 0.1) is 16.3 Å². The van der Waals surface area contributed by atoms with E-state index in [1.807, 2.05) is 13.0 Å². The molecule has 1 N–H and O–H groups in total. The van der Waals surface area contributed by atoms with Gasteiger partial charge in [-0.05, 0) is 68.5 Å². The minimum Gasteiger partial charge on any atom is -0.478 e. The Hall–Kier alpha value is -2.33. The summed E-state index contributed by atoms with van der Waals surface area (Å²) in [7, 11) is 2.11. The maximum Gasteiger partial charge on any atom is 0.335 e. The number of aliphatic imine (C=N–C) groups is 1. The first-order valence-corrected chi connectivity index (χ1v) is 9.43. The van der Waals surface area contributed by atoms with Crippen LogP contribution in [0, 0.1) is 6.92 Å². The van der Waals surface area contributed by atoms with Crippen molar-refractivity contribution in [2.75, 3.05) is 11.9 Å². The molecule has 0 amide bonds. The topological polar surface area (TPSA) is 52.9 Å². The van der Waals surface area contributed by atoms with Gasteiger partial charge in [0, 0.05) is 30.1 Å². The van der Waals surface area contributed by atoms with Crippen LogP contribution < -0.4 is 4.90 Å². The van der Waals surface area contributed by atoms with Crippen LogP contribution in [-0.2, 0) is 0 Å². The van der Waals surface area contributed by atoms with Crippen LogP contribution in [0.5, 0.6) is 0 Å². The number of halogens is 1.